The largest absolute Gasteiger partial charge is 0.407 e. The second kappa shape index (κ2) is 7.24. The first-order valence-electron chi connectivity index (χ1n) is 8.85. The molecule has 0 bridgehead atoms. The Labute approximate surface area is 151 Å². The van der Waals surface area contributed by atoms with Gasteiger partial charge in [0.15, 0.2) is 6.29 Å². The van der Waals surface area contributed by atoms with Gasteiger partial charge in [-0.1, -0.05) is 81.4 Å². The topological polar surface area (TPSA) is 38.8 Å². The van der Waals surface area contributed by atoms with E-state index in [0.717, 1.165) is 12.7 Å². The average Bonchev–Trinajstić information content (AvgIpc) is 3.38. The van der Waals surface area contributed by atoms with E-state index in [9.17, 15) is 4.79 Å². The predicted octanol–water partition coefficient (Wildman–Crippen LogP) is 2.92. The van der Waals surface area contributed by atoms with Gasteiger partial charge in [0, 0.05) is 6.61 Å². The minimum absolute atomic E-state index is 0.0236. The third-order valence-electron chi connectivity index (χ3n) is 4.89. The number of rotatable bonds is 7. The highest BCUT2D eigenvalue weighted by atomic mass is 28.4. The van der Waals surface area contributed by atoms with Crippen molar-refractivity contribution in [3.63, 3.8) is 0 Å². The van der Waals surface area contributed by atoms with Gasteiger partial charge < -0.3 is 14.0 Å². The van der Waals surface area contributed by atoms with Crippen molar-refractivity contribution >= 4 is 25.0 Å². The van der Waals surface area contributed by atoms with Crippen LogP contribution < -0.4 is 10.4 Å². The van der Waals surface area contributed by atoms with Crippen LogP contribution in [-0.4, -0.2) is 33.4 Å². The minimum Gasteiger partial charge on any atom is -0.407 e. The quantitative estimate of drug-likeness (QED) is 0.436. The molecule has 2 aromatic rings. The normalized spacial score (nSPS) is 20.3. The molecular weight excluding hydrogens is 328 g/mol. The van der Waals surface area contributed by atoms with E-state index >= 15 is 0 Å². The average molecular weight is 355 g/mol. The van der Waals surface area contributed by atoms with Crippen molar-refractivity contribution in [2.75, 3.05) is 6.61 Å². The summed E-state index contributed by atoms with van der Waals surface area (Å²) in [5, 5.41) is 2.53. The minimum atomic E-state index is -2.46. The van der Waals surface area contributed by atoms with Gasteiger partial charge in [-0.15, -0.1) is 0 Å². The SMILES string of the molecule is CC(C)(C)[Si](OCC[C@H]1O[C@@H]1C=O)(c1ccccc1)c1ccccc1. The Morgan fingerprint density at radius 3 is 1.92 bits per heavy atom. The van der Waals surface area contributed by atoms with Crippen LogP contribution in [0.25, 0.3) is 0 Å². The zero-order valence-corrected chi connectivity index (χ0v) is 16.1. The fourth-order valence-corrected chi connectivity index (χ4v) is 8.18. The van der Waals surface area contributed by atoms with Gasteiger partial charge in [-0.25, -0.2) is 0 Å². The molecule has 0 aromatic heterocycles. The monoisotopic (exact) mass is 354 g/mol. The van der Waals surface area contributed by atoms with Crippen LogP contribution in [0, 0.1) is 0 Å². The Balaban J connectivity index is 1.95. The van der Waals surface area contributed by atoms with Crippen molar-refractivity contribution in [3.8, 4) is 0 Å². The summed E-state index contributed by atoms with van der Waals surface area (Å²) in [5.41, 5.74) is 0. The van der Waals surface area contributed by atoms with Gasteiger partial charge >= 0.3 is 0 Å². The first-order chi connectivity index (χ1) is 12.0. The van der Waals surface area contributed by atoms with Gasteiger partial charge in [-0.05, 0) is 21.8 Å². The molecule has 0 radical (unpaired) electrons. The second-order valence-electron chi connectivity index (χ2n) is 7.58. The van der Waals surface area contributed by atoms with Crippen molar-refractivity contribution < 1.29 is 14.0 Å². The van der Waals surface area contributed by atoms with Gasteiger partial charge in [0.2, 0.25) is 0 Å². The standard InChI is InChI=1S/C21H26O3Si/c1-21(2,3)25(17-10-6-4-7-11-17,18-12-8-5-9-13-18)23-15-14-19-20(16-22)24-19/h4-13,16,19-20H,14-15H2,1-3H3/t19-,20-/m1/s1. The summed E-state index contributed by atoms with van der Waals surface area (Å²) < 4.78 is 12.1. The number of carbonyl (C=O) groups excluding carboxylic acids is 1. The molecule has 0 amide bonds. The number of ether oxygens (including phenoxy) is 1. The van der Waals surface area contributed by atoms with Crippen LogP contribution in [0.3, 0.4) is 0 Å². The fraction of sp³-hybridized carbons (Fsp3) is 0.381. The molecule has 1 heterocycles. The molecule has 0 N–H and O–H groups in total. The Hall–Kier alpha value is -1.75. The molecule has 4 heteroatoms. The number of hydrogen-bond acceptors (Lipinski definition) is 3. The molecule has 25 heavy (non-hydrogen) atoms. The van der Waals surface area contributed by atoms with E-state index < -0.39 is 8.32 Å². The molecule has 3 nitrogen and oxygen atoms in total. The third kappa shape index (κ3) is 3.61. The van der Waals surface area contributed by atoms with E-state index in [-0.39, 0.29) is 17.2 Å². The maximum absolute atomic E-state index is 10.8. The Morgan fingerprint density at radius 2 is 1.52 bits per heavy atom. The van der Waals surface area contributed by atoms with Crippen LogP contribution in [-0.2, 0) is 14.0 Å². The maximum atomic E-state index is 10.8. The van der Waals surface area contributed by atoms with Gasteiger partial charge in [0.05, 0.1) is 6.10 Å². The van der Waals surface area contributed by atoms with Crippen LogP contribution >= 0.6 is 0 Å². The smallest absolute Gasteiger partial charge is 0.261 e. The highest BCUT2D eigenvalue weighted by Gasteiger charge is 2.50. The van der Waals surface area contributed by atoms with Crippen LogP contribution in [0.2, 0.25) is 5.04 Å². The molecule has 1 aliphatic rings. The molecule has 1 aliphatic heterocycles. The maximum Gasteiger partial charge on any atom is 0.261 e. The lowest BCUT2D eigenvalue weighted by molar-refractivity contribution is -0.108. The van der Waals surface area contributed by atoms with E-state index in [4.69, 9.17) is 9.16 Å². The van der Waals surface area contributed by atoms with Crippen molar-refractivity contribution in [2.24, 2.45) is 0 Å². The van der Waals surface area contributed by atoms with Crippen molar-refractivity contribution in [2.45, 2.75) is 44.4 Å². The Bertz CT molecular complexity index is 655. The van der Waals surface area contributed by atoms with Gasteiger partial charge in [0.25, 0.3) is 8.32 Å². The Morgan fingerprint density at radius 1 is 1.00 bits per heavy atom. The van der Waals surface area contributed by atoms with E-state index in [1.807, 2.05) is 12.1 Å². The summed E-state index contributed by atoms with van der Waals surface area (Å²) in [4.78, 5) is 10.8. The van der Waals surface area contributed by atoms with Crippen LogP contribution in [0.1, 0.15) is 27.2 Å². The summed E-state index contributed by atoms with van der Waals surface area (Å²) in [6.45, 7) is 7.39. The zero-order chi connectivity index (χ0) is 17.9. The zero-order valence-electron chi connectivity index (χ0n) is 15.1. The molecule has 0 saturated carbocycles. The van der Waals surface area contributed by atoms with Crippen molar-refractivity contribution in [3.05, 3.63) is 60.7 Å². The summed E-state index contributed by atoms with van der Waals surface area (Å²) in [6, 6.07) is 21.2. The van der Waals surface area contributed by atoms with Crippen LogP contribution in [0.5, 0.6) is 0 Å². The van der Waals surface area contributed by atoms with Crippen LogP contribution in [0.15, 0.2) is 60.7 Å². The first kappa shape index (κ1) is 18.1. The molecule has 132 valence electrons. The lowest BCUT2D eigenvalue weighted by atomic mass is 10.2. The summed E-state index contributed by atoms with van der Waals surface area (Å²) in [7, 11) is -2.46. The molecule has 2 atom stereocenters. The number of carbonyl (C=O) groups is 1. The molecule has 1 saturated heterocycles. The van der Waals surface area contributed by atoms with Gasteiger partial charge in [-0.2, -0.15) is 0 Å². The second-order valence-corrected chi connectivity index (χ2v) is 11.9. The lowest BCUT2D eigenvalue weighted by Crippen LogP contribution is -2.66. The molecule has 1 fully saturated rings. The highest BCUT2D eigenvalue weighted by Crippen LogP contribution is 2.37. The van der Waals surface area contributed by atoms with E-state index in [0.29, 0.717) is 6.61 Å². The van der Waals surface area contributed by atoms with Gasteiger partial charge in [-0.3, -0.25) is 0 Å². The van der Waals surface area contributed by atoms with Crippen LogP contribution in [0.4, 0.5) is 0 Å². The van der Waals surface area contributed by atoms with Crippen molar-refractivity contribution in [1.82, 2.24) is 0 Å². The predicted molar refractivity (Wildman–Crippen MR) is 103 cm³/mol. The number of hydrogen-bond donors (Lipinski definition) is 0. The summed E-state index contributed by atoms with van der Waals surface area (Å²) in [5.74, 6) is 0. The molecule has 0 aliphatic carbocycles. The van der Waals surface area contributed by atoms with E-state index in [1.165, 1.54) is 10.4 Å². The van der Waals surface area contributed by atoms with Crippen molar-refractivity contribution in [1.29, 1.82) is 0 Å². The summed E-state index contributed by atoms with van der Waals surface area (Å²) >= 11 is 0. The lowest BCUT2D eigenvalue weighted by Gasteiger charge is -2.43. The summed E-state index contributed by atoms with van der Waals surface area (Å²) in [6.07, 6.45) is 1.43. The third-order valence-corrected chi connectivity index (χ3v) is 9.94. The number of benzene rings is 2. The molecule has 0 spiro atoms. The number of epoxide rings is 1. The highest BCUT2D eigenvalue weighted by molar-refractivity contribution is 6.99. The van der Waals surface area contributed by atoms with E-state index in [1.54, 1.807) is 0 Å². The fourth-order valence-electron chi connectivity index (χ4n) is 3.60. The molecule has 2 aromatic carbocycles. The van der Waals surface area contributed by atoms with E-state index in [2.05, 4.69) is 69.3 Å². The molecule has 0 unspecified atom stereocenters. The molecule has 3 rings (SSSR count). The van der Waals surface area contributed by atoms with Gasteiger partial charge in [0.1, 0.15) is 6.10 Å². The number of aldehydes is 1. The molecular formula is C21H26O3Si. The first-order valence-corrected chi connectivity index (χ1v) is 10.8. The Kier molecular flexibility index (Phi) is 5.23.